The van der Waals surface area contributed by atoms with Crippen molar-refractivity contribution in [1.29, 1.82) is 0 Å². The Bertz CT molecular complexity index is 349. The molecule has 1 rings (SSSR count). The Morgan fingerprint density at radius 3 is 2.27 bits per heavy atom. The molecule has 0 aliphatic carbocycles. The molecule has 1 aromatic rings. The van der Waals surface area contributed by atoms with Crippen LogP contribution in [0.3, 0.4) is 0 Å². The van der Waals surface area contributed by atoms with Gasteiger partial charge in [0.2, 0.25) is 0 Å². The van der Waals surface area contributed by atoms with Gasteiger partial charge in [-0.1, -0.05) is 0 Å². The Morgan fingerprint density at radius 2 is 1.93 bits per heavy atom. The summed E-state index contributed by atoms with van der Waals surface area (Å²) in [6.45, 7) is 7.31. The Morgan fingerprint density at radius 1 is 1.40 bits per heavy atom. The van der Waals surface area contributed by atoms with Gasteiger partial charge < -0.3 is 16.2 Å². The van der Waals surface area contributed by atoms with E-state index in [-0.39, 0.29) is 0 Å². The van der Waals surface area contributed by atoms with Gasteiger partial charge in [-0.25, -0.2) is 0 Å². The van der Waals surface area contributed by atoms with Gasteiger partial charge in [0, 0.05) is 13.2 Å². The third-order valence-corrected chi connectivity index (χ3v) is 2.82. The molecule has 1 aromatic heterocycles. The molecule has 86 valence electrons. The number of hydrogen-bond donors (Lipinski definition) is 3. The maximum Gasteiger partial charge on any atom is 0.171 e. The first-order valence-corrected chi connectivity index (χ1v) is 4.93. The highest BCUT2D eigenvalue weighted by Crippen LogP contribution is 2.27. The summed E-state index contributed by atoms with van der Waals surface area (Å²) in [5.74, 6) is 0.602. The van der Waals surface area contributed by atoms with Crippen LogP contribution >= 0.6 is 0 Å². The van der Waals surface area contributed by atoms with Crippen LogP contribution in [0.5, 0.6) is 0 Å². The fourth-order valence-corrected chi connectivity index (χ4v) is 1.05. The molecule has 0 saturated heterocycles. The molecule has 0 aromatic carbocycles. The number of aromatic nitrogens is 2. The van der Waals surface area contributed by atoms with Crippen LogP contribution in [0.25, 0.3) is 0 Å². The van der Waals surface area contributed by atoms with Crippen molar-refractivity contribution in [3.63, 3.8) is 0 Å². The molecule has 0 amide bonds. The monoisotopic (exact) mass is 212 g/mol. The lowest BCUT2D eigenvalue weighted by Crippen LogP contribution is -2.51. The first kappa shape index (κ1) is 11.8. The first-order valence-electron chi connectivity index (χ1n) is 4.93. The molecule has 5 nitrogen and oxygen atoms in total. The lowest BCUT2D eigenvalue weighted by molar-refractivity contribution is 0.0239. The molecule has 0 aliphatic rings. The smallest absolute Gasteiger partial charge is 0.171 e. The third-order valence-electron chi connectivity index (χ3n) is 2.82. The number of aryl methyl sites for hydroxylation is 1. The van der Waals surface area contributed by atoms with E-state index in [9.17, 15) is 5.11 Å². The Labute approximate surface area is 90.3 Å². The number of hydrogen-bond acceptors (Lipinski definition) is 4. The van der Waals surface area contributed by atoms with Crippen molar-refractivity contribution in [3.8, 4) is 0 Å². The van der Waals surface area contributed by atoms with E-state index in [1.165, 1.54) is 0 Å². The molecule has 0 atom stereocenters. The molecule has 0 spiro atoms. The molecule has 0 saturated carbocycles. The SMILES string of the molecule is Cn1cc(N)c(NC(C)(C)C(C)(C)O)n1. The average molecular weight is 212 g/mol. The Balaban J connectivity index is 2.91. The number of nitrogens with two attached hydrogens (primary N) is 1. The number of nitrogens with zero attached hydrogens (tertiary/aromatic N) is 2. The molecular formula is C10H20N4O. The van der Waals surface area contributed by atoms with E-state index in [1.54, 1.807) is 31.8 Å². The Kier molecular flexibility index (Phi) is 2.69. The van der Waals surface area contributed by atoms with Gasteiger partial charge in [0.25, 0.3) is 0 Å². The minimum Gasteiger partial charge on any atom is -0.394 e. The van der Waals surface area contributed by atoms with E-state index in [0.717, 1.165) is 0 Å². The van der Waals surface area contributed by atoms with E-state index in [4.69, 9.17) is 5.73 Å². The van der Waals surface area contributed by atoms with E-state index in [1.807, 2.05) is 13.8 Å². The highest BCUT2D eigenvalue weighted by Gasteiger charge is 2.35. The van der Waals surface area contributed by atoms with Crippen molar-refractivity contribution in [3.05, 3.63) is 6.20 Å². The van der Waals surface area contributed by atoms with Gasteiger partial charge in [0.15, 0.2) is 5.82 Å². The highest BCUT2D eigenvalue weighted by molar-refractivity contribution is 5.61. The predicted molar refractivity (Wildman–Crippen MR) is 61.6 cm³/mol. The molecule has 1 heterocycles. The zero-order valence-electron chi connectivity index (χ0n) is 10.00. The van der Waals surface area contributed by atoms with E-state index in [2.05, 4.69) is 10.4 Å². The minimum absolute atomic E-state index is 0.504. The standard InChI is InChI=1S/C10H20N4O/c1-9(2,10(3,4)15)12-8-7(11)6-14(5)13-8/h6,15H,11H2,1-5H3,(H,12,13). The van der Waals surface area contributed by atoms with Crippen LogP contribution in [0.4, 0.5) is 11.5 Å². The minimum atomic E-state index is -0.864. The quantitative estimate of drug-likeness (QED) is 0.697. The summed E-state index contributed by atoms with van der Waals surface area (Å²) in [6.07, 6.45) is 1.72. The number of nitrogens with one attached hydrogen (secondary N) is 1. The zero-order valence-corrected chi connectivity index (χ0v) is 10.00. The number of nitrogen functional groups attached to an aromatic ring is 1. The van der Waals surface area contributed by atoms with Gasteiger partial charge in [-0.15, -0.1) is 0 Å². The van der Waals surface area contributed by atoms with Crippen LogP contribution in [-0.4, -0.2) is 26.0 Å². The number of rotatable bonds is 3. The van der Waals surface area contributed by atoms with Crippen molar-refractivity contribution in [2.45, 2.75) is 38.8 Å². The second-order valence-corrected chi connectivity index (χ2v) is 4.92. The number of aliphatic hydroxyl groups is 1. The zero-order chi connectivity index (χ0) is 11.9. The van der Waals surface area contributed by atoms with Crippen molar-refractivity contribution in [2.24, 2.45) is 7.05 Å². The van der Waals surface area contributed by atoms with Crippen LogP contribution in [0.1, 0.15) is 27.7 Å². The van der Waals surface area contributed by atoms with E-state index < -0.39 is 11.1 Å². The van der Waals surface area contributed by atoms with Crippen molar-refractivity contribution in [2.75, 3.05) is 11.1 Å². The normalized spacial score (nSPS) is 12.9. The van der Waals surface area contributed by atoms with E-state index in [0.29, 0.717) is 11.5 Å². The highest BCUT2D eigenvalue weighted by atomic mass is 16.3. The summed E-state index contributed by atoms with van der Waals surface area (Å²) >= 11 is 0. The summed E-state index contributed by atoms with van der Waals surface area (Å²) in [5.41, 5.74) is 4.97. The maximum atomic E-state index is 9.97. The maximum absolute atomic E-state index is 9.97. The summed E-state index contributed by atoms with van der Waals surface area (Å²) in [4.78, 5) is 0. The van der Waals surface area contributed by atoms with Gasteiger partial charge in [0.1, 0.15) is 0 Å². The molecule has 0 radical (unpaired) electrons. The van der Waals surface area contributed by atoms with Gasteiger partial charge >= 0.3 is 0 Å². The second kappa shape index (κ2) is 3.41. The van der Waals surface area contributed by atoms with Gasteiger partial charge in [-0.3, -0.25) is 4.68 Å². The molecule has 5 heteroatoms. The summed E-state index contributed by atoms with van der Waals surface area (Å²) in [6, 6.07) is 0. The molecule has 15 heavy (non-hydrogen) atoms. The number of anilines is 2. The second-order valence-electron chi connectivity index (χ2n) is 4.92. The topological polar surface area (TPSA) is 76.1 Å². The van der Waals surface area contributed by atoms with Crippen LogP contribution in [0.2, 0.25) is 0 Å². The molecule has 0 unspecified atom stereocenters. The lowest BCUT2D eigenvalue weighted by atomic mass is 9.86. The molecule has 0 bridgehead atoms. The van der Waals surface area contributed by atoms with Gasteiger partial charge in [-0.05, 0) is 27.7 Å². The first-order chi connectivity index (χ1) is 6.63. The third kappa shape index (κ3) is 2.41. The largest absolute Gasteiger partial charge is 0.394 e. The van der Waals surface area contributed by atoms with Crippen LogP contribution in [0, 0.1) is 0 Å². The summed E-state index contributed by atoms with van der Waals surface area (Å²) in [7, 11) is 1.80. The predicted octanol–water partition coefficient (Wildman–Crippen LogP) is 0.964. The van der Waals surface area contributed by atoms with Crippen LogP contribution < -0.4 is 11.1 Å². The van der Waals surface area contributed by atoms with Crippen molar-refractivity contribution < 1.29 is 5.11 Å². The van der Waals surface area contributed by atoms with Gasteiger partial charge in [-0.2, -0.15) is 5.10 Å². The Hall–Kier alpha value is -1.23. The van der Waals surface area contributed by atoms with Crippen LogP contribution in [0.15, 0.2) is 6.20 Å². The molecule has 0 aliphatic heterocycles. The van der Waals surface area contributed by atoms with Crippen molar-refractivity contribution >= 4 is 11.5 Å². The summed E-state index contributed by atoms with van der Waals surface area (Å²) < 4.78 is 1.64. The van der Waals surface area contributed by atoms with Gasteiger partial charge in [0.05, 0.1) is 16.8 Å². The average Bonchev–Trinajstić information content (AvgIpc) is 2.26. The molecular weight excluding hydrogens is 192 g/mol. The lowest BCUT2D eigenvalue weighted by Gasteiger charge is -2.38. The van der Waals surface area contributed by atoms with Crippen LogP contribution in [-0.2, 0) is 7.05 Å². The molecule has 0 fully saturated rings. The fourth-order valence-electron chi connectivity index (χ4n) is 1.05. The fraction of sp³-hybridized carbons (Fsp3) is 0.700. The van der Waals surface area contributed by atoms with Crippen molar-refractivity contribution in [1.82, 2.24) is 9.78 Å². The molecule has 4 N–H and O–H groups in total. The van der Waals surface area contributed by atoms with E-state index >= 15 is 0 Å². The summed E-state index contributed by atoms with van der Waals surface area (Å²) in [5, 5.41) is 17.3.